The summed E-state index contributed by atoms with van der Waals surface area (Å²) in [5, 5.41) is 21.2. The van der Waals surface area contributed by atoms with E-state index in [9.17, 15) is 19.6 Å². The number of nitrogens with zero attached hydrogens (tertiary/aromatic N) is 2. The Kier molecular flexibility index (Phi) is 3.69. The lowest BCUT2D eigenvalue weighted by molar-refractivity contribution is -0.384. The van der Waals surface area contributed by atoms with Crippen LogP contribution in [-0.2, 0) is 0 Å². The fourth-order valence-electron chi connectivity index (χ4n) is 2.08. The van der Waals surface area contributed by atoms with E-state index in [2.05, 4.69) is 0 Å². The van der Waals surface area contributed by atoms with Crippen LogP contribution in [0.5, 0.6) is 0 Å². The first-order chi connectivity index (χ1) is 8.74. The van der Waals surface area contributed by atoms with Crippen LogP contribution in [-0.4, -0.2) is 28.7 Å². The molecular weight excluding hydrogens is 366 g/mol. The van der Waals surface area contributed by atoms with Crippen LogP contribution in [0.25, 0.3) is 0 Å². The molecule has 1 aromatic carbocycles. The Hall–Kier alpha value is -0.960. The van der Waals surface area contributed by atoms with Crippen molar-refractivity contribution < 1.29 is 14.4 Å². The number of benzene rings is 1. The molecule has 0 aliphatic carbocycles. The quantitative estimate of drug-likeness (QED) is 0.497. The minimum Gasteiger partial charge on any atom is -0.386 e. The molecule has 1 heterocycles. The monoisotopic (exact) mass is 380 g/mol. The van der Waals surface area contributed by atoms with E-state index < -0.39 is 16.3 Å². The lowest BCUT2D eigenvalue weighted by Gasteiger charge is -2.50. The van der Waals surface area contributed by atoms with Crippen molar-refractivity contribution in [3.63, 3.8) is 0 Å². The maximum absolute atomic E-state index is 13.6. The molecule has 0 aromatic heterocycles. The minimum atomic E-state index is -0.854. The first-order valence-electron chi connectivity index (χ1n) is 5.85. The van der Waals surface area contributed by atoms with E-state index in [1.165, 1.54) is 12.1 Å². The number of nitro groups is 1. The molecule has 1 N–H and O–H groups in total. The summed E-state index contributed by atoms with van der Waals surface area (Å²) >= 11 is 1.72. The van der Waals surface area contributed by atoms with Crippen LogP contribution in [0.2, 0.25) is 0 Å². The fraction of sp³-hybridized carbons (Fsp3) is 0.500. The molecule has 1 aromatic rings. The number of hydrogen-bond acceptors (Lipinski definition) is 4. The maximum atomic E-state index is 13.6. The Bertz CT molecular complexity index is 530. The van der Waals surface area contributed by atoms with Gasteiger partial charge in [-0.3, -0.25) is 10.1 Å². The molecule has 2 rings (SSSR count). The Balaban J connectivity index is 2.32. The lowest BCUT2D eigenvalue weighted by Crippen LogP contribution is -2.64. The van der Waals surface area contributed by atoms with Gasteiger partial charge in [0.05, 0.1) is 8.49 Å². The third kappa shape index (κ3) is 2.53. The van der Waals surface area contributed by atoms with E-state index in [1.807, 2.05) is 13.8 Å². The molecule has 19 heavy (non-hydrogen) atoms. The Morgan fingerprint density at radius 1 is 1.53 bits per heavy atom. The number of anilines is 1. The third-order valence-electron chi connectivity index (χ3n) is 3.56. The Morgan fingerprint density at radius 3 is 2.58 bits per heavy atom. The first-order valence-corrected chi connectivity index (χ1v) is 6.93. The minimum absolute atomic E-state index is 0.0523. The average molecular weight is 380 g/mol. The summed E-state index contributed by atoms with van der Waals surface area (Å²) in [6, 6.07) is 2.39. The van der Waals surface area contributed by atoms with Crippen LogP contribution in [0, 0.1) is 25.4 Å². The van der Waals surface area contributed by atoms with Gasteiger partial charge in [0, 0.05) is 25.2 Å². The van der Waals surface area contributed by atoms with Crippen LogP contribution in [0.3, 0.4) is 0 Å². The van der Waals surface area contributed by atoms with E-state index in [4.69, 9.17) is 0 Å². The van der Waals surface area contributed by atoms with Gasteiger partial charge in [-0.2, -0.15) is 0 Å². The van der Waals surface area contributed by atoms with Crippen LogP contribution in [0.1, 0.15) is 13.8 Å². The third-order valence-corrected chi connectivity index (χ3v) is 4.39. The molecule has 104 valence electrons. The van der Waals surface area contributed by atoms with Gasteiger partial charge in [-0.15, -0.1) is 0 Å². The van der Waals surface area contributed by atoms with Crippen molar-refractivity contribution in [1.29, 1.82) is 0 Å². The van der Waals surface area contributed by atoms with Crippen molar-refractivity contribution in [3.05, 3.63) is 31.6 Å². The van der Waals surface area contributed by atoms with Crippen molar-refractivity contribution in [2.75, 3.05) is 18.0 Å². The van der Waals surface area contributed by atoms with Crippen LogP contribution >= 0.6 is 22.6 Å². The highest BCUT2D eigenvalue weighted by atomic mass is 127. The van der Waals surface area contributed by atoms with Crippen molar-refractivity contribution in [2.24, 2.45) is 5.92 Å². The second kappa shape index (κ2) is 4.86. The molecule has 0 bridgehead atoms. The van der Waals surface area contributed by atoms with Crippen molar-refractivity contribution in [3.8, 4) is 0 Å². The largest absolute Gasteiger partial charge is 0.386 e. The Morgan fingerprint density at radius 2 is 2.11 bits per heavy atom. The predicted octanol–water partition coefficient (Wildman–Crippen LogP) is 2.55. The first kappa shape index (κ1) is 14.4. The molecule has 1 fully saturated rings. The van der Waals surface area contributed by atoms with Gasteiger partial charge in [-0.05, 0) is 28.5 Å². The zero-order valence-corrected chi connectivity index (χ0v) is 12.7. The van der Waals surface area contributed by atoms with Gasteiger partial charge in [0.2, 0.25) is 0 Å². The molecule has 1 aliphatic heterocycles. The molecule has 1 saturated heterocycles. The summed E-state index contributed by atoms with van der Waals surface area (Å²) in [4.78, 5) is 12.1. The molecule has 7 heteroatoms. The van der Waals surface area contributed by atoms with E-state index >= 15 is 0 Å². The molecule has 0 saturated carbocycles. The van der Waals surface area contributed by atoms with Crippen molar-refractivity contribution in [2.45, 2.75) is 19.4 Å². The highest BCUT2D eigenvalue weighted by Gasteiger charge is 2.45. The predicted molar refractivity (Wildman–Crippen MR) is 77.8 cm³/mol. The van der Waals surface area contributed by atoms with Crippen LogP contribution < -0.4 is 4.90 Å². The molecule has 0 radical (unpaired) electrons. The molecule has 0 spiro atoms. The molecule has 5 nitrogen and oxygen atoms in total. The van der Waals surface area contributed by atoms with Gasteiger partial charge in [0.15, 0.2) is 0 Å². The Labute approximate surface area is 123 Å². The SMILES string of the molecule is CC(C)C1(O)CN(c2cc(F)c(I)cc2[N+](=O)[O-])C1. The van der Waals surface area contributed by atoms with Crippen molar-refractivity contribution >= 4 is 34.0 Å². The van der Waals surface area contributed by atoms with Crippen LogP contribution in [0.4, 0.5) is 15.8 Å². The normalized spacial score (nSPS) is 17.5. The van der Waals surface area contributed by atoms with Gasteiger partial charge in [0.1, 0.15) is 17.1 Å². The summed E-state index contributed by atoms with van der Waals surface area (Å²) in [5.41, 5.74) is -0.752. The van der Waals surface area contributed by atoms with Crippen LogP contribution in [0.15, 0.2) is 12.1 Å². The standard InChI is InChI=1S/C12H14FIN2O3/c1-7(2)12(17)5-15(6-12)10-3-8(13)9(14)4-11(10)16(18)19/h3-4,7,17H,5-6H2,1-2H3. The topological polar surface area (TPSA) is 66.6 Å². The highest BCUT2D eigenvalue weighted by Crippen LogP contribution is 2.39. The molecule has 0 amide bonds. The second-order valence-electron chi connectivity index (χ2n) is 5.13. The van der Waals surface area contributed by atoms with Gasteiger partial charge < -0.3 is 10.0 Å². The van der Waals surface area contributed by atoms with E-state index in [1.54, 1.807) is 27.5 Å². The fourth-order valence-corrected chi connectivity index (χ4v) is 2.53. The number of hydrogen-bond donors (Lipinski definition) is 1. The van der Waals surface area contributed by atoms with Gasteiger partial charge in [-0.25, -0.2) is 4.39 Å². The summed E-state index contributed by atoms with van der Waals surface area (Å²) in [6.45, 7) is 4.34. The van der Waals surface area contributed by atoms with Gasteiger partial charge in [-0.1, -0.05) is 13.8 Å². The summed E-state index contributed by atoms with van der Waals surface area (Å²) in [7, 11) is 0. The number of halogens is 2. The molecule has 1 aliphatic rings. The summed E-state index contributed by atoms with van der Waals surface area (Å²) in [5.74, 6) is -0.433. The summed E-state index contributed by atoms with van der Waals surface area (Å²) in [6.07, 6.45) is 0. The number of rotatable bonds is 3. The number of nitro benzene ring substituents is 1. The summed E-state index contributed by atoms with van der Waals surface area (Å²) < 4.78 is 13.8. The smallest absolute Gasteiger partial charge is 0.293 e. The molecule has 0 atom stereocenters. The zero-order valence-electron chi connectivity index (χ0n) is 10.6. The van der Waals surface area contributed by atoms with E-state index in [0.717, 1.165) is 0 Å². The van der Waals surface area contributed by atoms with Crippen molar-refractivity contribution in [1.82, 2.24) is 0 Å². The van der Waals surface area contributed by atoms with E-state index in [0.29, 0.717) is 0 Å². The number of β-amino-alcohol motifs (C(OH)–C–C–N with tert-alkyl or cyclic N) is 1. The molecular formula is C12H14FIN2O3. The zero-order chi connectivity index (χ0) is 14.4. The highest BCUT2D eigenvalue weighted by molar-refractivity contribution is 14.1. The second-order valence-corrected chi connectivity index (χ2v) is 6.29. The maximum Gasteiger partial charge on any atom is 0.293 e. The number of aliphatic hydroxyl groups is 1. The van der Waals surface area contributed by atoms with E-state index in [-0.39, 0.29) is 34.0 Å². The van der Waals surface area contributed by atoms with Gasteiger partial charge >= 0.3 is 0 Å². The average Bonchev–Trinajstić information content (AvgIpc) is 2.27. The van der Waals surface area contributed by atoms with Gasteiger partial charge in [0.25, 0.3) is 5.69 Å². The molecule has 0 unspecified atom stereocenters. The lowest BCUT2D eigenvalue weighted by atomic mass is 9.82.